The van der Waals surface area contributed by atoms with Crippen molar-refractivity contribution in [2.75, 3.05) is 4.90 Å². The zero-order valence-electron chi connectivity index (χ0n) is 16.7. The number of nitriles is 1. The maximum absolute atomic E-state index is 9.50. The first-order valence-corrected chi connectivity index (χ1v) is 9.99. The van der Waals surface area contributed by atoms with Crippen LogP contribution in [0.4, 0.5) is 5.82 Å². The fourth-order valence-electron chi connectivity index (χ4n) is 3.70. The first-order chi connectivity index (χ1) is 15.3. The van der Waals surface area contributed by atoms with Gasteiger partial charge in [-0.15, -0.1) is 0 Å². The number of aromatic nitrogens is 1. The number of hydrogen-bond acceptors (Lipinski definition) is 4. The van der Waals surface area contributed by atoms with Crippen LogP contribution in [0.5, 0.6) is 0 Å². The van der Waals surface area contributed by atoms with E-state index in [1.807, 2.05) is 71.6 Å². The van der Waals surface area contributed by atoms with E-state index in [4.69, 9.17) is 4.99 Å². The van der Waals surface area contributed by atoms with Gasteiger partial charge in [-0.25, -0.2) is 9.98 Å². The summed E-state index contributed by atoms with van der Waals surface area (Å²) in [6.45, 7) is 0. The number of allylic oxidation sites excluding steroid dienone is 2. The molecule has 0 spiro atoms. The van der Waals surface area contributed by atoms with Crippen LogP contribution in [-0.2, 0) is 0 Å². The Bertz CT molecular complexity index is 1380. The molecule has 0 fully saturated rings. The van der Waals surface area contributed by atoms with E-state index in [2.05, 4.69) is 41.4 Å². The van der Waals surface area contributed by atoms with Crippen molar-refractivity contribution in [3.63, 3.8) is 0 Å². The molecular formula is C27H18N4. The van der Waals surface area contributed by atoms with Gasteiger partial charge in [0.15, 0.2) is 0 Å². The van der Waals surface area contributed by atoms with Gasteiger partial charge in [0, 0.05) is 23.4 Å². The fraction of sp³-hybridized carbons (Fsp3) is 0. The predicted octanol–water partition coefficient (Wildman–Crippen LogP) is 5.95. The largest absolute Gasteiger partial charge is 0.278 e. The van der Waals surface area contributed by atoms with E-state index < -0.39 is 0 Å². The number of aliphatic imine (C=N–C) groups is 1. The minimum absolute atomic E-state index is 0.709. The standard InChI is InChI=1S/C27H18N4/c28-16-15-24-19-25(23-14-13-20-8-4-5-11-22(20)18-23)30-27(21-9-2-1-3-10-21)31(24)26-12-6-7-17-29-26/h1-15,17-19H/b24-15+. The molecule has 0 aliphatic carbocycles. The van der Waals surface area contributed by atoms with Crippen molar-refractivity contribution in [1.29, 1.82) is 5.26 Å². The summed E-state index contributed by atoms with van der Waals surface area (Å²) in [7, 11) is 0. The first kappa shape index (κ1) is 18.5. The molecule has 1 aliphatic heterocycles. The SMILES string of the molecule is N#C/C=C1\C=C(c2ccc3ccccc3c2)N=C(c2ccccc2)N1c1ccccn1. The molecule has 1 aliphatic rings. The number of benzene rings is 3. The smallest absolute Gasteiger partial charge is 0.146 e. The average molecular weight is 398 g/mol. The topological polar surface area (TPSA) is 52.3 Å². The molecule has 31 heavy (non-hydrogen) atoms. The molecule has 0 radical (unpaired) electrons. The summed E-state index contributed by atoms with van der Waals surface area (Å²) in [6.07, 6.45) is 5.21. The lowest BCUT2D eigenvalue weighted by Gasteiger charge is -2.30. The number of hydrogen-bond donors (Lipinski definition) is 0. The minimum Gasteiger partial charge on any atom is -0.278 e. The van der Waals surface area contributed by atoms with Crippen LogP contribution in [-0.4, -0.2) is 10.8 Å². The van der Waals surface area contributed by atoms with E-state index in [0.29, 0.717) is 5.82 Å². The number of fused-ring (bicyclic) bond motifs is 1. The Hall–Kier alpha value is -4.49. The van der Waals surface area contributed by atoms with E-state index in [1.54, 1.807) is 6.20 Å². The molecule has 0 saturated carbocycles. The van der Waals surface area contributed by atoms with Crippen molar-refractivity contribution in [3.8, 4) is 6.07 Å². The Morgan fingerprint density at radius 3 is 2.32 bits per heavy atom. The van der Waals surface area contributed by atoms with Gasteiger partial charge in [-0.05, 0) is 35.0 Å². The second-order valence-electron chi connectivity index (χ2n) is 7.11. The van der Waals surface area contributed by atoms with Crippen LogP contribution in [0.15, 0.2) is 120 Å². The van der Waals surface area contributed by atoms with Gasteiger partial charge in [0.2, 0.25) is 0 Å². The van der Waals surface area contributed by atoms with E-state index in [1.165, 1.54) is 11.5 Å². The molecule has 0 amide bonds. The van der Waals surface area contributed by atoms with Crippen LogP contribution in [0.25, 0.3) is 16.5 Å². The van der Waals surface area contributed by atoms with Crippen LogP contribution in [0.2, 0.25) is 0 Å². The van der Waals surface area contributed by atoms with E-state index in [9.17, 15) is 5.26 Å². The molecule has 1 aromatic heterocycles. The van der Waals surface area contributed by atoms with Gasteiger partial charge >= 0.3 is 0 Å². The van der Waals surface area contributed by atoms with Crippen molar-refractivity contribution in [1.82, 2.24) is 4.98 Å². The van der Waals surface area contributed by atoms with Gasteiger partial charge in [0.1, 0.15) is 11.7 Å². The average Bonchev–Trinajstić information content (AvgIpc) is 2.84. The number of nitrogens with zero attached hydrogens (tertiary/aromatic N) is 4. The normalized spacial score (nSPS) is 14.8. The number of pyridine rings is 1. The highest BCUT2D eigenvalue weighted by atomic mass is 15.3. The highest BCUT2D eigenvalue weighted by Crippen LogP contribution is 2.32. The van der Waals surface area contributed by atoms with Crippen molar-refractivity contribution in [3.05, 3.63) is 126 Å². The van der Waals surface area contributed by atoms with Gasteiger partial charge < -0.3 is 0 Å². The molecule has 0 saturated heterocycles. The van der Waals surface area contributed by atoms with Crippen LogP contribution in [0, 0.1) is 11.3 Å². The van der Waals surface area contributed by atoms with Crippen LogP contribution >= 0.6 is 0 Å². The third-order valence-corrected chi connectivity index (χ3v) is 5.15. The molecule has 3 aromatic carbocycles. The molecule has 4 nitrogen and oxygen atoms in total. The second kappa shape index (κ2) is 8.10. The molecule has 2 heterocycles. The quantitative estimate of drug-likeness (QED) is 0.401. The van der Waals surface area contributed by atoms with Crippen LogP contribution in [0.1, 0.15) is 11.1 Å². The summed E-state index contributed by atoms with van der Waals surface area (Å²) in [5.41, 5.74) is 3.47. The summed E-state index contributed by atoms with van der Waals surface area (Å²) in [5.74, 6) is 1.44. The van der Waals surface area contributed by atoms with Crippen LogP contribution in [0.3, 0.4) is 0 Å². The van der Waals surface area contributed by atoms with Gasteiger partial charge in [0.25, 0.3) is 0 Å². The zero-order chi connectivity index (χ0) is 21.0. The van der Waals surface area contributed by atoms with Gasteiger partial charge in [-0.1, -0.05) is 72.8 Å². The zero-order valence-corrected chi connectivity index (χ0v) is 16.7. The molecule has 0 atom stereocenters. The Balaban J connectivity index is 1.71. The highest BCUT2D eigenvalue weighted by molar-refractivity contribution is 6.15. The maximum Gasteiger partial charge on any atom is 0.146 e. The minimum atomic E-state index is 0.709. The lowest BCUT2D eigenvalue weighted by molar-refractivity contribution is 1.14. The van der Waals surface area contributed by atoms with Gasteiger partial charge in [-0.3, -0.25) is 4.90 Å². The maximum atomic E-state index is 9.50. The highest BCUT2D eigenvalue weighted by Gasteiger charge is 2.25. The summed E-state index contributed by atoms with van der Waals surface area (Å²) in [6, 6.07) is 32.4. The monoisotopic (exact) mass is 398 g/mol. The first-order valence-electron chi connectivity index (χ1n) is 9.99. The molecule has 146 valence electrons. The van der Waals surface area contributed by atoms with Crippen molar-refractivity contribution in [2.24, 2.45) is 4.99 Å². The number of amidine groups is 1. The molecular weight excluding hydrogens is 380 g/mol. The lowest BCUT2D eigenvalue weighted by Crippen LogP contribution is -2.33. The van der Waals surface area contributed by atoms with Crippen molar-refractivity contribution >= 4 is 28.1 Å². The second-order valence-corrected chi connectivity index (χ2v) is 7.11. The molecule has 4 heteroatoms. The number of anilines is 1. The van der Waals surface area contributed by atoms with Gasteiger partial charge in [-0.2, -0.15) is 5.26 Å². The Morgan fingerprint density at radius 1 is 0.774 bits per heavy atom. The Morgan fingerprint density at radius 2 is 1.55 bits per heavy atom. The molecule has 0 bridgehead atoms. The predicted molar refractivity (Wildman–Crippen MR) is 125 cm³/mol. The Kier molecular flexibility index (Phi) is 4.84. The Labute approximate surface area is 180 Å². The molecule has 0 N–H and O–H groups in total. The van der Waals surface area contributed by atoms with E-state index >= 15 is 0 Å². The van der Waals surface area contributed by atoms with Gasteiger partial charge in [0.05, 0.1) is 17.5 Å². The summed E-state index contributed by atoms with van der Waals surface area (Å²) >= 11 is 0. The molecule has 4 aromatic rings. The van der Waals surface area contributed by atoms with E-state index in [0.717, 1.165) is 33.7 Å². The third-order valence-electron chi connectivity index (χ3n) is 5.15. The van der Waals surface area contributed by atoms with E-state index in [-0.39, 0.29) is 0 Å². The fourth-order valence-corrected chi connectivity index (χ4v) is 3.70. The van der Waals surface area contributed by atoms with Crippen molar-refractivity contribution in [2.45, 2.75) is 0 Å². The molecule has 0 unspecified atom stereocenters. The number of rotatable bonds is 3. The summed E-state index contributed by atoms with van der Waals surface area (Å²) in [4.78, 5) is 11.5. The summed E-state index contributed by atoms with van der Waals surface area (Å²) in [5, 5.41) is 11.8. The van der Waals surface area contributed by atoms with Crippen LogP contribution < -0.4 is 4.90 Å². The lowest BCUT2D eigenvalue weighted by atomic mass is 10.0. The molecule has 5 rings (SSSR count). The summed E-state index contributed by atoms with van der Waals surface area (Å²) < 4.78 is 0. The van der Waals surface area contributed by atoms with Crippen molar-refractivity contribution < 1.29 is 0 Å². The third kappa shape index (κ3) is 3.61.